The molecule has 0 aliphatic carbocycles. The van der Waals surface area contributed by atoms with Crippen molar-refractivity contribution in [2.24, 2.45) is 0 Å². The summed E-state index contributed by atoms with van der Waals surface area (Å²) in [6.07, 6.45) is 0.279. The minimum Gasteiger partial charge on any atom is -0.326 e. The van der Waals surface area contributed by atoms with Crippen molar-refractivity contribution in [1.29, 1.82) is 0 Å². The van der Waals surface area contributed by atoms with Crippen molar-refractivity contribution < 1.29 is 9.59 Å². The molecule has 0 radical (unpaired) electrons. The van der Waals surface area contributed by atoms with E-state index < -0.39 is 0 Å². The molecule has 3 nitrogen and oxygen atoms in total. The molecular formula is C25H19NO2. The number of rotatable bonds is 5. The van der Waals surface area contributed by atoms with Crippen LogP contribution < -0.4 is 5.32 Å². The predicted molar refractivity (Wildman–Crippen MR) is 113 cm³/mol. The zero-order chi connectivity index (χ0) is 19.3. The number of hydrogen-bond acceptors (Lipinski definition) is 2. The molecule has 3 heteroatoms. The summed E-state index contributed by atoms with van der Waals surface area (Å²) >= 11 is 0. The molecule has 0 bridgehead atoms. The number of ketones is 1. The third kappa shape index (κ3) is 3.99. The highest BCUT2D eigenvalue weighted by molar-refractivity contribution is 6.09. The molecule has 0 fully saturated rings. The molecule has 0 aliphatic rings. The maximum Gasteiger partial charge on any atom is 0.228 e. The van der Waals surface area contributed by atoms with Gasteiger partial charge < -0.3 is 5.32 Å². The van der Waals surface area contributed by atoms with Crippen LogP contribution in [0.15, 0.2) is 97.1 Å². The molecule has 1 N–H and O–H groups in total. The molecule has 136 valence electrons. The van der Waals surface area contributed by atoms with Gasteiger partial charge in [0, 0.05) is 16.8 Å². The molecular weight excluding hydrogens is 346 g/mol. The first kappa shape index (κ1) is 17.7. The topological polar surface area (TPSA) is 46.2 Å². The minimum atomic E-state index is -0.111. The van der Waals surface area contributed by atoms with Gasteiger partial charge in [-0.1, -0.05) is 84.9 Å². The first-order chi connectivity index (χ1) is 13.7. The Balaban J connectivity index is 1.47. The van der Waals surface area contributed by atoms with Crippen molar-refractivity contribution in [3.05, 3.63) is 114 Å². The molecule has 0 aromatic heterocycles. The summed E-state index contributed by atoms with van der Waals surface area (Å²) in [6, 6.07) is 30.3. The summed E-state index contributed by atoms with van der Waals surface area (Å²) in [5.41, 5.74) is 2.75. The van der Waals surface area contributed by atoms with Crippen molar-refractivity contribution in [3.8, 4) is 0 Å². The zero-order valence-corrected chi connectivity index (χ0v) is 15.3. The van der Waals surface area contributed by atoms with Crippen molar-refractivity contribution in [1.82, 2.24) is 0 Å². The van der Waals surface area contributed by atoms with E-state index in [1.54, 1.807) is 36.4 Å². The van der Waals surface area contributed by atoms with Crippen LogP contribution in [0.4, 0.5) is 5.69 Å². The van der Waals surface area contributed by atoms with Crippen LogP contribution in [-0.4, -0.2) is 11.7 Å². The van der Waals surface area contributed by atoms with Gasteiger partial charge in [-0.25, -0.2) is 0 Å². The molecule has 0 atom stereocenters. The molecule has 0 saturated heterocycles. The fourth-order valence-electron chi connectivity index (χ4n) is 3.23. The largest absolute Gasteiger partial charge is 0.326 e. The first-order valence-corrected chi connectivity index (χ1v) is 9.16. The van der Waals surface area contributed by atoms with Crippen LogP contribution in [0.2, 0.25) is 0 Å². The number of fused-ring (bicyclic) bond motifs is 1. The van der Waals surface area contributed by atoms with Gasteiger partial charge in [0.25, 0.3) is 0 Å². The van der Waals surface area contributed by atoms with Gasteiger partial charge in [-0.3, -0.25) is 9.59 Å². The van der Waals surface area contributed by atoms with Gasteiger partial charge >= 0.3 is 0 Å². The highest BCUT2D eigenvalue weighted by Crippen LogP contribution is 2.18. The molecule has 4 rings (SSSR count). The Bertz CT molecular complexity index is 1150. The molecule has 0 aliphatic heterocycles. The van der Waals surface area contributed by atoms with E-state index in [2.05, 4.69) is 11.4 Å². The van der Waals surface area contributed by atoms with Crippen LogP contribution in [0.3, 0.4) is 0 Å². The van der Waals surface area contributed by atoms with Crippen LogP contribution in [0.1, 0.15) is 21.5 Å². The number of hydrogen-bond donors (Lipinski definition) is 1. The quantitative estimate of drug-likeness (QED) is 0.491. The molecule has 0 spiro atoms. The monoisotopic (exact) mass is 365 g/mol. The van der Waals surface area contributed by atoms with E-state index in [1.807, 2.05) is 54.6 Å². The highest BCUT2D eigenvalue weighted by atomic mass is 16.1. The lowest BCUT2D eigenvalue weighted by Crippen LogP contribution is -2.14. The average Bonchev–Trinajstić information content (AvgIpc) is 2.74. The smallest absolute Gasteiger partial charge is 0.228 e. The minimum absolute atomic E-state index is 0.0637. The fourth-order valence-corrected chi connectivity index (χ4v) is 3.23. The van der Waals surface area contributed by atoms with Crippen LogP contribution in [-0.2, 0) is 11.2 Å². The van der Waals surface area contributed by atoms with Gasteiger partial charge in [0.1, 0.15) is 0 Å². The molecule has 0 saturated carbocycles. The lowest BCUT2D eigenvalue weighted by molar-refractivity contribution is -0.115. The van der Waals surface area contributed by atoms with E-state index in [0.717, 1.165) is 16.3 Å². The third-order valence-electron chi connectivity index (χ3n) is 4.62. The molecule has 4 aromatic carbocycles. The zero-order valence-electron chi connectivity index (χ0n) is 15.3. The predicted octanol–water partition coefficient (Wildman–Crippen LogP) is 5.25. The number of nitrogens with one attached hydrogen (secondary N) is 1. The lowest BCUT2D eigenvalue weighted by atomic mass is 10.0. The van der Waals surface area contributed by atoms with Crippen molar-refractivity contribution >= 4 is 28.2 Å². The Labute approximate surface area is 163 Å². The second-order valence-corrected chi connectivity index (χ2v) is 6.68. The summed E-state index contributed by atoms with van der Waals surface area (Å²) in [7, 11) is 0. The Morgan fingerprint density at radius 1 is 0.643 bits per heavy atom. The standard InChI is InChI=1S/C25H19NO2/c27-24(16-18-13-14-19-7-4-5-10-21(19)15-18)26-23-12-6-11-22(17-23)25(28)20-8-2-1-3-9-20/h1-15,17H,16H2,(H,26,27). The Hall–Kier alpha value is -3.72. The van der Waals surface area contributed by atoms with Crippen LogP contribution in [0.5, 0.6) is 0 Å². The highest BCUT2D eigenvalue weighted by Gasteiger charge is 2.10. The van der Waals surface area contributed by atoms with E-state index in [-0.39, 0.29) is 18.1 Å². The van der Waals surface area contributed by atoms with Gasteiger partial charge in [-0.15, -0.1) is 0 Å². The molecule has 4 aromatic rings. The summed E-state index contributed by atoms with van der Waals surface area (Å²) in [5.74, 6) is -0.175. The lowest BCUT2D eigenvalue weighted by Gasteiger charge is -2.08. The van der Waals surface area contributed by atoms with Crippen molar-refractivity contribution in [3.63, 3.8) is 0 Å². The van der Waals surface area contributed by atoms with Gasteiger partial charge in [-0.2, -0.15) is 0 Å². The number of carbonyl (C=O) groups is 2. The number of benzene rings is 4. The maximum atomic E-state index is 12.6. The van der Waals surface area contributed by atoms with E-state index in [1.165, 1.54) is 0 Å². The van der Waals surface area contributed by atoms with Crippen LogP contribution in [0, 0.1) is 0 Å². The maximum absolute atomic E-state index is 12.6. The summed E-state index contributed by atoms with van der Waals surface area (Å²) in [4.78, 5) is 25.1. The van der Waals surface area contributed by atoms with E-state index >= 15 is 0 Å². The SMILES string of the molecule is O=C(Cc1ccc2ccccc2c1)Nc1cccc(C(=O)c2ccccc2)c1. The second-order valence-electron chi connectivity index (χ2n) is 6.68. The normalized spacial score (nSPS) is 10.6. The van der Waals surface area contributed by atoms with E-state index in [0.29, 0.717) is 16.8 Å². The number of amides is 1. The Kier molecular flexibility index (Phi) is 4.98. The van der Waals surface area contributed by atoms with Gasteiger partial charge in [-0.05, 0) is 28.5 Å². The third-order valence-corrected chi connectivity index (χ3v) is 4.62. The van der Waals surface area contributed by atoms with Crippen LogP contribution >= 0.6 is 0 Å². The van der Waals surface area contributed by atoms with E-state index in [4.69, 9.17) is 0 Å². The summed E-state index contributed by atoms with van der Waals surface area (Å²) in [6.45, 7) is 0. The van der Waals surface area contributed by atoms with Crippen molar-refractivity contribution in [2.75, 3.05) is 5.32 Å². The second kappa shape index (κ2) is 7.89. The fraction of sp³-hybridized carbons (Fsp3) is 0.0400. The Morgan fingerprint density at radius 2 is 1.36 bits per heavy atom. The number of anilines is 1. The van der Waals surface area contributed by atoms with E-state index in [9.17, 15) is 9.59 Å². The molecule has 0 heterocycles. The molecule has 1 amide bonds. The molecule has 0 unspecified atom stereocenters. The van der Waals surface area contributed by atoms with Crippen molar-refractivity contribution in [2.45, 2.75) is 6.42 Å². The number of carbonyl (C=O) groups excluding carboxylic acids is 2. The van der Waals surface area contributed by atoms with Gasteiger partial charge in [0.2, 0.25) is 5.91 Å². The summed E-state index contributed by atoms with van der Waals surface area (Å²) < 4.78 is 0. The average molecular weight is 365 g/mol. The Morgan fingerprint density at radius 3 is 2.18 bits per heavy atom. The molecule has 28 heavy (non-hydrogen) atoms. The van der Waals surface area contributed by atoms with Crippen LogP contribution in [0.25, 0.3) is 10.8 Å². The van der Waals surface area contributed by atoms with Gasteiger partial charge in [0.15, 0.2) is 5.78 Å². The first-order valence-electron chi connectivity index (χ1n) is 9.16. The van der Waals surface area contributed by atoms with Gasteiger partial charge in [0.05, 0.1) is 6.42 Å². The summed E-state index contributed by atoms with van der Waals surface area (Å²) in [5, 5.41) is 5.16.